The van der Waals surface area contributed by atoms with Crippen molar-refractivity contribution >= 4 is 35.8 Å². The number of carbonyl (C=O) groups is 1. The van der Waals surface area contributed by atoms with Gasteiger partial charge in [0.15, 0.2) is 11.5 Å². The molecule has 120 valence electrons. The molecule has 1 aromatic rings. The zero-order valence-electron chi connectivity index (χ0n) is 12.5. The summed E-state index contributed by atoms with van der Waals surface area (Å²) in [5.74, 6) is 1.91. The third kappa shape index (κ3) is 6.46. The first-order chi connectivity index (χ1) is 9.62. The van der Waals surface area contributed by atoms with Gasteiger partial charge in [-0.05, 0) is 37.5 Å². The Labute approximate surface area is 136 Å². The van der Waals surface area contributed by atoms with E-state index in [0.717, 1.165) is 5.75 Å². The molecule has 0 aliphatic rings. The van der Waals surface area contributed by atoms with Crippen molar-refractivity contribution in [1.29, 1.82) is 0 Å². The number of methoxy groups -OCH3 is 1. The van der Waals surface area contributed by atoms with Gasteiger partial charge >= 0.3 is 0 Å². The number of carbonyl (C=O) groups excluding carboxylic acids is 1. The normalized spacial score (nSPS) is 11.2. The Kier molecular flexibility index (Phi) is 10.0. The third-order valence-corrected chi connectivity index (χ3v) is 3.34. The fourth-order valence-electron chi connectivity index (χ4n) is 1.63. The number of rotatable bonds is 8. The number of anilines is 1. The fraction of sp³-hybridized carbons (Fsp3) is 0.500. The third-order valence-electron chi connectivity index (χ3n) is 2.70. The van der Waals surface area contributed by atoms with Crippen LogP contribution in [0.2, 0.25) is 0 Å². The predicted molar refractivity (Wildman–Crippen MR) is 91.0 cm³/mol. The molecule has 0 unspecified atom stereocenters. The molecule has 1 rings (SSSR count). The van der Waals surface area contributed by atoms with Gasteiger partial charge in [-0.3, -0.25) is 4.79 Å². The van der Waals surface area contributed by atoms with Crippen LogP contribution < -0.4 is 20.5 Å². The van der Waals surface area contributed by atoms with Gasteiger partial charge in [0.2, 0.25) is 5.91 Å². The van der Waals surface area contributed by atoms with Gasteiger partial charge in [0.25, 0.3) is 0 Å². The highest BCUT2D eigenvalue weighted by Gasteiger charge is 2.14. The molecule has 5 nitrogen and oxygen atoms in total. The Morgan fingerprint density at radius 1 is 1.43 bits per heavy atom. The minimum Gasteiger partial charge on any atom is -0.493 e. The summed E-state index contributed by atoms with van der Waals surface area (Å²) in [6.07, 6.45) is 2.64. The van der Waals surface area contributed by atoms with Gasteiger partial charge in [-0.1, -0.05) is 0 Å². The van der Waals surface area contributed by atoms with E-state index in [1.807, 2.05) is 13.2 Å². The second kappa shape index (κ2) is 10.6. The maximum Gasteiger partial charge on any atom is 0.241 e. The van der Waals surface area contributed by atoms with Crippen LogP contribution in [0.1, 0.15) is 13.3 Å². The summed E-state index contributed by atoms with van der Waals surface area (Å²) in [6, 6.07) is 4.76. The Balaban J connectivity index is 0.00000400. The van der Waals surface area contributed by atoms with Crippen molar-refractivity contribution in [3.63, 3.8) is 0 Å². The lowest BCUT2D eigenvalue weighted by Gasteiger charge is -2.14. The first kappa shape index (κ1) is 19.9. The molecular weight excluding hydrogens is 312 g/mol. The lowest BCUT2D eigenvalue weighted by Crippen LogP contribution is -2.36. The van der Waals surface area contributed by atoms with E-state index in [1.165, 1.54) is 0 Å². The maximum absolute atomic E-state index is 11.9. The van der Waals surface area contributed by atoms with E-state index in [2.05, 4.69) is 5.32 Å². The van der Waals surface area contributed by atoms with Crippen LogP contribution in [0.15, 0.2) is 18.2 Å². The smallest absolute Gasteiger partial charge is 0.241 e. The van der Waals surface area contributed by atoms with Crippen LogP contribution in [0.25, 0.3) is 0 Å². The number of ether oxygens (including phenoxy) is 2. The first-order valence-corrected chi connectivity index (χ1v) is 7.88. The standard InChI is InChI=1S/C14H22N2O3S.ClH/c1-4-19-13-9-10(5-6-12(13)18-2)16-14(17)11(15)7-8-20-3;/h5-6,9,11H,4,7-8,15H2,1-3H3,(H,16,17);1H/t11-;/m0./s1. The van der Waals surface area contributed by atoms with Crippen LogP contribution in [-0.2, 0) is 4.79 Å². The molecule has 3 N–H and O–H groups in total. The number of thioether (sulfide) groups is 1. The molecule has 0 saturated heterocycles. The molecule has 0 aromatic heterocycles. The number of halogens is 1. The summed E-state index contributed by atoms with van der Waals surface area (Å²) in [5, 5.41) is 2.79. The molecule has 7 heteroatoms. The Morgan fingerprint density at radius 2 is 2.14 bits per heavy atom. The molecule has 0 heterocycles. The number of hydrogen-bond acceptors (Lipinski definition) is 5. The topological polar surface area (TPSA) is 73.6 Å². The van der Waals surface area contributed by atoms with Gasteiger partial charge in [0.05, 0.1) is 19.8 Å². The van der Waals surface area contributed by atoms with Crippen molar-refractivity contribution in [3.8, 4) is 11.5 Å². The molecule has 1 aromatic carbocycles. The van der Waals surface area contributed by atoms with Gasteiger partial charge in [-0.25, -0.2) is 0 Å². The lowest BCUT2D eigenvalue weighted by atomic mass is 10.2. The Morgan fingerprint density at radius 3 is 2.71 bits per heavy atom. The predicted octanol–water partition coefficient (Wildman–Crippen LogP) is 2.53. The van der Waals surface area contributed by atoms with Crippen molar-refractivity contribution in [2.75, 3.05) is 31.0 Å². The highest BCUT2D eigenvalue weighted by atomic mass is 35.5. The number of benzene rings is 1. The zero-order chi connectivity index (χ0) is 15.0. The number of amides is 1. The number of hydrogen-bond donors (Lipinski definition) is 2. The summed E-state index contributed by atoms with van der Waals surface area (Å²) in [7, 11) is 1.58. The van der Waals surface area contributed by atoms with Gasteiger partial charge < -0.3 is 20.5 Å². The van der Waals surface area contributed by atoms with Crippen LogP contribution in [0.5, 0.6) is 11.5 Å². The van der Waals surface area contributed by atoms with E-state index in [9.17, 15) is 4.79 Å². The fourth-order valence-corrected chi connectivity index (χ4v) is 2.12. The summed E-state index contributed by atoms with van der Waals surface area (Å²) >= 11 is 1.67. The molecule has 1 atom stereocenters. The maximum atomic E-state index is 11.9. The lowest BCUT2D eigenvalue weighted by molar-refractivity contribution is -0.117. The van der Waals surface area contributed by atoms with Gasteiger partial charge in [0.1, 0.15) is 0 Å². The highest BCUT2D eigenvalue weighted by molar-refractivity contribution is 7.98. The van der Waals surface area contributed by atoms with Crippen LogP contribution in [0.3, 0.4) is 0 Å². The Bertz CT molecular complexity index is 446. The van der Waals surface area contributed by atoms with E-state index >= 15 is 0 Å². The Hall–Kier alpha value is -1.11. The molecule has 21 heavy (non-hydrogen) atoms. The van der Waals surface area contributed by atoms with Gasteiger partial charge in [0, 0.05) is 11.8 Å². The van der Waals surface area contributed by atoms with E-state index < -0.39 is 6.04 Å². The zero-order valence-corrected chi connectivity index (χ0v) is 14.2. The highest BCUT2D eigenvalue weighted by Crippen LogP contribution is 2.30. The summed E-state index contributed by atoms with van der Waals surface area (Å²) in [4.78, 5) is 11.9. The monoisotopic (exact) mass is 334 g/mol. The molecule has 0 spiro atoms. The average Bonchev–Trinajstić information content (AvgIpc) is 2.45. The molecular formula is C14H23ClN2O3S. The van der Waals surface area contributed by atoms with Crippen molar-refractivity contribution in [3.05, 3.63) is 18.2 Å². The molecule has 0 radical (unpaired) electrons. The van der Waals surface area contributed by atoms with Crippen LogP contribution in [-0.4, -0.2) is 37.7 Å². The van der Waals surface area contributed by atoms with Crippen molar-refractivity contribution in [2.24, 2.45) is 5.73 Å². The second-order valence-corrected chi connectivity index (χ2v) is 5.16. The van der Waals surface area contributed by atoms with Crippen LogP contribution in [0.4, 0.5) is 5.69 Å². The molecule has 1 amide bonds. The number of nitrogens with one attached hydrogen (secondary N) is 1. The van der Waals surface area contributed by atoms with Crippen molar-refractivity contribution in [1.82, 2.24) is 0 Å². The van der Waals surface area contributed by atoms with E-state index in [0.29, 0.717) is 30.2 Å². The molecule has 0 bridgehead atoms. The van der Waals surface area contributed by atoms with E-state index in [4.69, 9.17) is 15.2 Å². The van der Waals surface area contributed by atoms with Crippen LogP contribution in [0, 0.1) is 0 Å². The minimum absolute atomic E-state index is 0. The first-order valence-electron chi connectivity index (χ1n) is 6.48. The molecule has 0 saturated carbocycles. The van der Waals surface area contributed by atoms with Crippen molar-refractivity contribution < 1.29 is 14.3 Å². The summed E-state index contributed by atoms with van der Waals surface area (Å²) in [5.41, 5.74) is 6.47. The minimum atomic E-state index is -0.500. The largest absolute Gasteiger partial charge is 0.493 e. The average molecular weight is 335 g/mol. The van der Waals surface area contributed by atoms with E-state index in [-0.39, 0.29) is 18.3 Å². The van der Waals surface area contributed by atoms with Crippen molar-refractivity contribution in [2.45, 2.75) is 19.4 Å². The van der Waals surface area contributed by atoms with Gasteiger partial charge in [-0.2, -0.15) is 11.8 Å². The second-order valence-electron chi connectivity index (χ2n) is 4.18. The number of nitrogens with two attached hydrogens (primary N) is 1. The summed E-state index contributed by atoms with van der Waals surface area (Å²) < 4.78 is 10.7. The summed E-state index contributed by atoms with van der Waals surface area (Å²) in [6.45, 7) is 2.42. The van der Waals surface area contributed by atoms with E-state index in [1.54, 1.807) is 37.1 Å². The molecule has 0 aliphatic carbocycles. The van der Waals surface area contributed by atoms with Crippen LogP contribution >= 0.6 is 24.2 Å². The SMILES string of the molecule is CCOc1cc(NC(=O)[C@@H](N)CCSC)ccc1OC.Cl. The quantitative estimate of drug-likeness (QED) is 0.764. The van der Waals surface area contributed by atoms with Gasteiger partial charge in [-0.15, -0.1) is 12.4 Å². The molecule has 0 fully saturated rings. The molecule has 0 aliphatic heterocycles.